The number of ether oxygens (including phenoxy) is 1. The predicted molar refractivity (Wildman–Crippen MR) is 119 cm³/mol. The van der Waals surface area contributed by atoms with Gasteiger partial charge in [-0.2, -0.15) is 0 Å². The van der Waals surface area contributed by atoms with Gasteiger partial charge in [0.1, 0.15) is 11.3 Å². The number of carbonyl (C=O) groups is 1. The number of nitrogens with zero attached hydrogens (tertiary/aromatic N) is 1. The van der Waals surface area contributed by atoms with Gasteiger partial charge in [0.25, 0.3) is 5.91 Å². The summed E-state index contributed by atoms with van der Waals surface area (Å²) in [7, 11) is 0. The lowest BCUT2D eigenvalue weighted by Crippen LogP contribution is -2.31. The molecule has 162 valence electrons. The second kappa shape index (κ2) is 8.19. The Morgan fingerprint density at radius 1 is 1.16 bits per heavy atom. The van der Waals surface area contributed by atoms with E-state index in [1.807, 2.05) is 39.8 Å². The van der Waals surface area contributed by atoms with Crippen LogP contribution in [0.25, 0.3) is 11.0 Å². The number of rotatable bonds is 6. The monoisotopic (exact) mass is 421 g/mol. The van der Waals surface area contributed by atoms with Gasteiger partial charge in [0.15, 0.2) is 5.43 Å². The molecule has 1 aliphatic heterocycles. The third-order valence-corrected chi connectivity index (χ3v) is 5.58. The summed E-state index contributed by atoms with van der Waals surface area (Å²) in [6.07, 6.45) is 0.729. The third kappa shape index (κ3) is 3.83. The van der Waals surface area contributed by atoms with Gasteiger partial charge in [0.2, 0.25) is 5.76 Å². The molecule has 4 rings (SSSR count). The Bertz CT molecular complexity index is 1210. The van der Waals surface area contributed by atoms with E-state index in [2.05, 4.69) is 0 Å². The lowest BCUT2D eigenvalue weighted by Gasteiger charge is -2.25. The molecule has 1 aliphatic rings. The van der Waals surface area contributed by atoms with Crippen LogP contribution in [0.5, 0.6) is 5.75 Å². The van der Waals surface area contributed by atoms with Crippen molar-refractivity contribution in [3.63, 3.8) is 0 Å². The first-order valence-corrected chi connectivity index (χ1v) is 10.6. The molecule has 0 saturated carbocycles. The molecule has 1 aromatic heterocycles. The van der Waals surface area contributed by atoms with E-state index in [4.69, 9.17) is 9.15 Å². The van der Waals surface area contributed by atoms with Gasteiger partial charge in [-0.1, -0.05) is 18.2 Å². The number of phenolic OH excluding ortho intramolecular Hbond substituents is 1. The lowest BCUT2D eigenvalue weighted by molar-refractivity contribution is 0.0593. The summed E-state index contributed by atoms with van der Waals surface area (Å²) in [4.78, 5) is 28.6. The van der Waals surface area contributed by atoms with Gasteiger partial charge < -0.3 is 19.2 Å². The van der Waals surface area contributed by atoms with Crippen molar-refractivity contribution in [1.82, 2.24) is 4.90 Å². The first-order valence-electron chi connectivity index (χ1n) is 10.6. The van der Waals surface area contributed by atoms with E-state index in [1.54, 1.807) is 29.2 Å². The van der Waals surface area contributed by atoms with Crippen molar-refractivity contribution in [2.24, 2.45) is 0 Å². The molecule has 1 N–H and O–H groups in total. The number of aryl methyl sites for hydroxylation is 2. The maximum atomic E-state index is 13.6. The standard InChI is InChI=1S/C25H27NO5/c1-14(2)30-10-6-9-26-21(17-7-5-8-18(27)13-17)20-22(28)19-12-15(3)11-16(4)23(19)31-24(20)25(26)29/h5,7-8,11-14,21,27H,6,9-10H2,1-4H3/t21-/m0/s1. The van der Waals surface area contributed by atoms with Crippen molar-refractivity contribution in [2.75, 3.05) is 13.2 Å². The summed E-state index contributed by atoms with van der Waals surface area (Å²) >= 11 is 0. The van der Waals surface area contributed by atoms with Crippen LogP contribution in [0.1, 0.15) is 59.1 Å². The van der Waals surface area contributed by atoms with Crippen molar-refractivity contribution >= 4 is 16.9 Å². The SMILES string of the molecule is Cc1cc(C)c2oc3c(c(=O)c2c1)[C@H](c1cccc(O)c1)N(CCCOC(C)C)C3=O. The Morgan fingerprint density at radius 2 is 1.94 bits per heavy atom. The normalized spacial score (nSPS) is 15.8. The van der Waals surface area contributed by atoms with Crippen LogP contribution in [0.15, 0.2) is 45.6 Å². The van der Waals surface area contributed by atoms with Gasteiger partial charge in [-0.15, -0.1) is 0 Å². The summed E-state index contributed by atoms with van der Waals surface area (Å²) in [5.41, 5.74) is 3.03. The van der Waals surface area contributed by atoms with Crippen molar-refractivity contribution in [2.45, 2.75) is 46.3 Å². The number of benzene rings is 2. The third-order valence-electron chi connectivity index (χ3n) is 5.58. The molecule has 0 aliphatic carbocycles. The molecule has 2 aromatic carbocycles. The van der Waals surface area contributed by atoms with E-state index in [-0.39, 0.29) is 28.9 Å². The van der Waals surface area contributed by atoms with E-state index in [0.29, 0.717) is 41.7 Å². The van der Waals surface area contributed by atoms with Gasteiger partial charge in [-0.25, -0.2) is 0 Å². The largest absolute Gasteiger partial charge is 0.508 e. The first kappa shape index (κ1) is 21.1. The number of carbonyl (C=O) groups excluding carboxylic acids is 1. The summed E-state index contributed by atoms with van der Waals surface area (Å²) < 4.78 is 11.7. The van der Waals surface area contributed by atoms with Crippen LogP contribution in [0.4, 0.5) is 0 Å². The summed E-state index contributed by atoms with van der Waals surface area (Å²) in [6, 6.07) is 9.81. The average molecular weight is 421 g/mol. The maximum absolute atomic E-state index is 13.6. The zero-order chi connectivity index (χ0) is 22.3. The Hall–Kier alpha value is -3.12. The Morgan fingerprint density at radius 3 is 2.65 bits per heavy atom. The van der Waals surface area contributed by atoms with Crippen LogP contribution in [0.3, 0.4) is 0 Å². The van der Waals surface area contributed by atoms with Crippen LogP contribution in [-0.2, 0) is 4.74 Å². The highest BCUT2D eigenvalue weighted by molar-refractivity contribution is 5.99. The number of fused-ring (bicyclic) bond motifs is 2. The van der Waals surface area contributed by atoms with Crippen LogP contribution >= 0.6 is 0 Å². The minimum atomic E-state index is -0.616. The highest BCUT2D eigenvalue weighted by Crippen LogP contribution is 2.39. The van der Waals surface area contributed by atoms with Gasteiger partial charge in [0.05, 0.1) is 23.1 Å². The molecule has 1 amide bonds. The van der Waals surface area contributed by atoms with E-state index in [9.17, 15) is 14.7 Å². The number of hydrogen-bond donors (Lipinski definition) is 1. The van der Waals surface area contributed by atoms with Crippen molar-refractivity contribution in [1.29, 1.82) is 0 Å². The zero-order valence-corrected chi connectivity index (χ0v) is 18.3. The summed E-state index contributed by atoms with van der Waals surface area (Å²) in [5.74, 6) is -0.146. The molecule has 31 heavy (non-hydrogen) atoms. The van der Waals surface area contributed by atoms with E-state index >= 15 is 0 Å². The molecule has 2 heterocycles. The molecule has 0 bridgehead atoms. The molecule has 0 fully saturated rings. The fraction of sp³-hybridized carbons (Fsp3) is 0.360. The Labute approximate surface area is 181 Å². The molecule has 6 nitrogen and oxygen atoms in total. The van der Waals surface area contributed by atoms with Gasteiger partial charge >= 0.3 is 0 Å². The quantitative estimate of drug-likeness (QED) is 0.594. The topological polar surface area (TPSA) is 80.0 Å². The molecule has 6 heteroatoms. The number of amides is 1. The van der Waals surface area contributed by atoms with Crippen molar-refractivity contribution in [3.05, 3.63) is 74.6 Å². The van der Waals surface area contributed by atoms with Crippen LogP contribution in [0.2, 0.25) is 0 Å². The summed E-state index contributed by atoms with van der Waals surface area (Å²) in [6.45, 7) is 8.64. The minimum Gasteiger partial charge on any atom is -0.508 e. The van der Waals surface area contributed by atoms with Crippen LogP contribution < -0.4 is 5.43 Å². The maximum Gasteiger partial charge on any atom is 0.290 e. The lowest BCUT2D eigenvalue weighted by atomic mass is 9.97. The molecular weight excluding hydrogens is 394 g/mol. The Balaban J connectivity index is 1.86. The fourth-order valence-corrected chi connectivity index (χ4v) is 4.30. The highest BCUT2D eigenvalue weighted by atomic mass is 16.5. The smallest absolute Gasteiger partial charge is 0.290 e. The van der Waals surface area contributed by atoms with Crippen LogP contribution in [-0.4, -0.2) is 35.2 Å². The summed E-state index contributed by atoms with van der Waals surface area (Å²) in [5, 5.41) is 10.5. The molecule has 0 unspecified atom stereocenters. The first-order chi connectivity index (χ1) is 14.8. The van der Waals surface area contributed by atoms with Crippen molar-refractivity contribution < 1.29 is 19.1 Å². The number of hydrogen-bond acceptors (Lipinski definition) is 5. The van der Waals surface area contributed by atoms with Gasteiger partial charge in [-0.05, 0) is 69.0 Å². The van der Waals surface area contributed by atoms with Gasteiger partial charge in [-0.3, -0.25) is 9.59 Å². The van der Waals surface area contributed by atoms with Crippen LogP contribution in [0, 0.1) is 13.8 Å². The highest BCUT2D eigenvalue weighted by Gasteiger charge is 2.42. The van der Waals surface area contributed by atoms with E-state index < -0.39 is 6.04 Å². The zero-order valence-electron chi connectivity index (χ0n) is 18.3. The van der Waals surface area contributed by atoms with E-state index in [0.717, 1.165) is 11.1 Å². The number of phenols is 1. The molecular formula is C25H27NO5. The van der Waals surface area contributed by atoms with Gasteiger partial charge in [0, 0.05) is 13.2 Å². The molecule has 0 saturated heterocycles. The van der Waals surface area contributed by atoms with Crippen molar-refractivity contribution in [3.8, 4) is 5.75 Å². The average Bonchev–Trinajstić information content (AvgIpc) is 2.98. The molecule has 0 radical (unpaired) electrons. The Kier molecular flexibility index (Phi) is 5.58. The van der Waals surface area contributed by atoms with E-state index in [1.165, 1.54) is 0 Å². The second-order valence-corrected chi connectivity index (χ2v) is 8.40. The molecule has 3 aromatic rings. The molecule has 0 spiro atoms. The molecule has 1 atom stereocenters. The fourth-order valence-electron chi connectivity index (χ4n) is 4.30. The number of aromatic hydroxyl groups is 1. The minimum absolute atomic E-state index is 0.0818. The predicted octanol–water partition coefficient (Wildman–Crippen LogP) is 4.48. The second-order valence-electron chi connectivity index (χ2n) is 8.40.